The average molecular weight is 548 g/mol. The van der Waals surface area contributed by atoms with E-state index in [1.165, 1.54) is 39.5 Å². The normalized spacial score (nSPS) is 41.4. The fraction of sp³-hybridized carbons (Fsp3) is 0.903. The molecule has 4 rings (SSSR count). The van der Waals surface area contributed by atoms with Crippen molar-refractivity contribution in [1.82, 2.24) is 5.34 Å². The first kappa shape index (κ1) is 30.3. The minimum Gasteiger partial charge on any atom is -0.716 e. The van der Waals surface area contributed by atoms with Crippen LogP contribution in [0.1, 0.15) is 119 Å². The van der Waals surface area contributed by atoms with Crippen molar-refractivity contribution in [2.75, 3.05) is 0 Å². The fourth-order valence-corrected chi connectivity index (χ4v) is 10.0. The second kappa shape index (κ2) is 11.3. The van der Waals surface area contributed by atoms with Gasteiger partial charge >= 0.3 is 11.9 Å². The van der Waals surface area contributed by atoms with E-state index in [1.807, 2.05) is 0 Å². The minimum absolute atomic E-state index is 0.229. The number of fused-ring (bicyclic) bond motifs is 5. The molecule has 1 N–H and O–H groups in total. The van der Waals surface area contributed by atoms with E-state index in [0.29, 0.717) is 54.6 Å². The monoisotopic (exact) mass is 547 g/mol. The van der Waals surface area contributed by atoms with Gasteiger partial charge < -0.3 is 14.7 Å². The van der Waals surface area contributed by atoms with E-state index >= 15 is 0 Å². The Kier molecular flexibility index (Phi) is 8.78. The van der Waals surface area contributed by atoms with Crippen LogP contribution < -0.4 is 0 Å². The lowest BCUT2D eigenvalue weighted by atomic mass is 9.42. The van der Waals surface area contributed by atoms with Gasteiger partial charge in [-0.15, -0.1) is 0 Å². The van der Waals surface area contributed by atoms with E-state index in [-0.39, 0.29) is 23.1 Å². The van der Waals surface area contributed by atoms with Gasteiger partial charge in [-0.25, -0.2) is 5.34 Å². The molecule has 0 bridgehead atoms. The van der Waals surface area contributed by atoms with Crippen molar-refractivity contribution in [2.45, 2.75) is 131 Å². The molecule has 8 heteroatoms. The first-order valence-corrected chi connectivity index (χ1v) is 15.3. The van der Waals surface area contributed by atoms with Gasteiger partial charge in [-0.1, -0.05) is 53.9 Å². The largest absolute Gasteiger partial charge is 0.716 e. The van der Waals surface area contributed by atoms with Crippen molar-refractivity contribution in [3.63, 3.8) is 0 Å². The number of hydrogen-bond acceptors (Lipinski definition) is 8. The Morgan fingerprint density at radius 3 is 2.38 bits per heavy atom. The van der Waals surface area contributed by atoms with Crippen molar-refractivity contribution >= 4 is 17.7 Å². The Morgan fingerprint density at radius 1 is 1.05 bits per heavy atom. The van der Waals surface area contributed by atoms with Gasteiger partial charge in [0.05, 0.1) is 5.71 Å². The second-order valence-electron chi connectivity index (χ2n) is 14.2. The molecule has 222 valence electrons. The molecular weight excluding hydrogens is 496 g/mol. The van der Waals surface area contributed by atoms with Crippen molar-refractivity contribution in [3.05, 3.63) is 5.21 Å². The topological polar surface area (TPSA) is 111 Å². The molecule has 4 aliphatic carbocycles. The van der Waals surface area contributed by atoms with E-state index in [9.17, 15) is 20.0 Å². The van der Waals surface area contributed by atoms with Gasteiger partial charge in [-0.2, -0.15) is 5.10 Å². The Balaban J connectivity index is 1.68. The highest BCUT2D eigenvalue weighted by molar-refractivity contribution is 5.96. The molecule has 9 atom stereocenters. The fourth-order valence-electron chi connectivity index (χ4n) is 10.0. The van der Waals surface area contributed by atoms with Gasteiger partial charge in [0.2, 0.25) is 0 Å². The summed E-state index contributed by atoms with van der Waals surface area (Å²) in [5, 5.41) is 25.4. The van der Waals surface area contributed by atoms with Gasteiger partial charge in [0.15, 0.2) is 5.60 Å². The maximum absolute atomic E-state index is 12.6. The standard InChI is InChI=1S/C31H51N2O6/c1-19(2)9-8-10-20(3)25-11-12-26-24-17-28(32-33(36)37)31(39-22(5)35)18-23(38-21(4)34)13-16-30(31,7)27(24)14-15-29(25,26)6/h19-20,23-27,36H,8-18H2,1-7H3/q-1/b32-28+/t20-,23+,24+,25-,26-,27-,29-,30-,31+/m1/s1. The average Bonchev–Trinajstić information content (AvgIpc) is 3.16. The molecule has 0 spiro atoms. The molecule has 0 saturated heterocycles. The summed E-state index contributed by atoms with van der Waals surface area (Å²) in [5.74, 6) is 2.35. The van der Waals surface area contributed by atoms with E-state index in [0.717, 1.165) is 25.2 Å². The van der Waals surface area contributed by atoms with Crippen LogP contribution in [0.4, 0.5) is 0 Å². The molecule has 0 amide bonds. The van der Waals surface area contributed by atoms with Crippen LogP contribution in [0.2, 0.25) is 0 Å². The summed E-state index contributed by atoms with van der Waals surface area (Å²) in [4.78, 5) is 24.4. The highest BCUT2D eigenvalue weighted by Gasteiger charge is 2.69. The van der Waals surface area contributed by atoms with Crippen molar-refractivity contribution in [2.24, 2.45) is 51.4 Å². The van der Waals surface area contributed by atoms with E-state index in [4.69, 9.17) is 9.47 Å². The van der Waals surface area contributed by atoms with Crippen LogP contribution in [-0.4, -0.2) is 39.9 Å². The maximum atomic E-state index is 12.6. The first-order chi connectivity index (χ1) is 18.2. The van der Waals surface area contributed by atoms with Crippen LogP contribution in [0.5, 0.6) is 0 Å². The molecule has 0 radical (unpaired) electrons. The molecule has 0 heterocycles. The smallest absolute Gasteiger partial charge is 0.303 e. The van der Waals surface area contributed by atoms with Crippen LogP contribution >= 0.6 is 0 Å². The highest BCUT2D eigenvalue weighted by Crippen LogP contribution is 2.69. The van der Waals surface area contributed by atoms with Crippen molar-refractivity contribution in [3.8, 4) is 0 Å². The molecule has 4 aliphatic rings. The van der Waals surface area contributed by atoms with Gasteiger partial charge in [0, 0.05) is 25.7 Å². The van der Waals surface area contributed by atoms with Crippen molar-refractivity contribution < 1.29 is 24.3 Å². The summed E-state index contributed by atoms with van der Waals surface area (Å²) < 4.78 is 11.8. The summed E-state index contributed by atoms with van der Waals surface area (Å²) in [5.41, 5.74) is -1.02. The number of ether oxygens (including phenoxy) is 2. The summed E-state index contributed by atoms with van der Waals surface area (Å²) in [6.07, 6.45) is 10.1. The molecular formula is C31H51N2O6-. The second-order valence-corrected chi connectivity index (χ2v) is 14.2. The zero-order valence-corrected chi connectivity index (χ0v) is 25.2. The molecule has 0 aromatic rings. The van der Waals surface area contributed by atoms with Crippen LogP contribution in [0, 0.1) is 51.5 Å². The zero-order valence-electron chi connectivity index (χ0n) is 25.2. The quantitative estimate of drug-likeness (QED) is 0.260. The van der Waals surface area contributed by atoms with Crippen LogP contribution in [-0.2, 0) is 19.1 Å². The lowest BCUT2D eigenvalue weighted by Crippen LogP contribution is -2.69. The molecule has 0 aromatic carbocycles. The number of carbonyl (C=O) groups excluding carboxylic acids is 2. The predicted octanol–water partition coefficient (Wildman–Crippen LogP) is 6.88. The maximum Gasteiger partial charge on any atom is 0.303 e. The van der Waals surface area contributed by atoms with Gasteiger partial charge in [0.1, 0.15) is 6.10 Å². The Bertz CT molecular complexity index is 951. The number of nitrogens with zero attached hydrogens (tertiary/aromatic N) is 2. The van der Waals surface area contributed by atoms with Crippen LogP contribution in [0.25, 0.3) is 0 Å². The van der Waals surface area contributed by atoms with Gasteiger partial charge in [-0.05, 0) is 85.9 Å². The summed E-state index contributed by atoms with van der Waals surface area (Å²) in [6, 6.07) is 0. The molecule has 8 nitrogen and oxygen atoms in total. The molecule has 0 aliphatic heterocycles. The molecule has 0 aromatic heterocycles. The lowest BCUT2D eigenvalue weighted by molar-refractivity contribution is -0.205. The van der Waals surface area contributed by atoms with E-state index in [2.05, 4.69) is 39.7 Å². The molecule has 0 unspecified atom stereocenters. The summed E-state index contributed by atoms with van der Waals surface area (Å²) >= 11 is 0. The summed E-state index contributed by atoms with van der Waals surface area (Å²) in [6.45, 7) is 14.5. The number of rotatable bonds is 8. The Hall–Kier alpha value is -1.67. The molecule has 39 heavy (non-hydrogen) atoms. The molecule has 4 saturated carbocycles. The van der Waals surface area contributed by atoms with Gasteiger partial charge in [0.25, 0.3) is 0 Å². The number of hydrazone groups is 1. The number of carbonyl (C=O) groups is 2. The van der Waals surface area contributed by atoms with Crippen LogP contribution in [0.15, 0.2) is 5.10 Å². The lowest BCUT2D eigenvalue weighted by Gasteiger charge is -2.65. The highest BCUT2D eigenvalue weighted by atomic mass is 16.8. The van der Waals surface area contributed by atoms with Crippen molar-refractivity contribution in [1.29, 1.82) is 0 Å². The minimum atomic E-state index is -1.19. The third-order valence-electron chi connectivity index (χ3n) is 11.6. The summed E-state index contributed by atoms with van der Waals surface area (Å²) in [7, 11) is 0. The third kappa shape index (κ3) is 5.49. The van der Waals surface area contributed by atoms with Gasteiger partial charge in [-0.3, -0.25) is 14.8 Å². The number of esters is 2. The Labute approximate surface area is 234 Å². The first-order valence-electron chi connectivity index (χ1n) is 15.3. The van der Waals surface area contributed by atoms with Crippen LogP contribution in [0.3, 0.4) is 0 Å². The van der Waals surface area contributed by atoms with E-state index < -0.39 is 23.1 Å². The van der Waals surface area contributed by atoms with E-state index in [1.54, 1.807) is 0 Å². The third-order valence-corrected chi connectivity index (χ3v) is 11.6. The number of hydrogen-bond donors (Lipinski definition) is 1. The predicted molar refractivity (Wildman–Crippen MR) is 149 cm³/mol. The Morgan fingerprint density at radius 2 is 1.77 bits per heavy atom. The SMILES string of the molecule is CC(=O)O[C@H]1CC[C@]2(C)[C@@H]3CC[C@@]4(C)[C@H](CC[C@@H]4[C@H](C)CCCC(C)C)[C@@H]3C/C(=N\N([O-])O)[C@@]2(OC(C)=O)C1. The molecule has 4 fully saturated rings. The zero-order chi connectivity index (χ0) is 28.8.